The number of halogens is 7. The van der Waals surface area contributed by atoms with Crippen LogP contribution in [-0.4, -0.2) is 25.2 Å². The molecule has 3 aromatic rings. The van der Waals surface area contributed by atoms with Crippen LogP contribution in [0.4, 0.5) is 39.8 Å². The van der Waals surface area contributed by atoms with Crippen LogP contribution in [0.15, 0.2) is 60.7 Å². The lowest BCUT2D eigenvalue weighted by Crippen LogP contribution is -2.42. The Kier molecular flexibility index (Phi) is 9.19. The largest absolute Gasteiger partial charge is 0.416 e. The Morgan fingerprint density at radius 3 is 2.25 bits per heavy atom. The number of hydrogen-bond acceptors (Lipinski definition) is 2. The van der Waals surface area contributed by atoms with E-state index >= 15 is 0 Å². The third kappa shape index (κ3) is 7.57. The van der Waals surface area contributed by atoms with Crippen molar-refractivity contribution in [2.45, 2.75) is 6.18 Å². The number of amides is 4. The van der Waals surface area contributed by atoms with Crippen LogP contribution >= 0.6 is 46.4 Å². The fraction of sp³-hybridized carbons (Fsp3) is 0.130. The third-order valence-corrected chi connectivity index (χ3v) is 5.99. The maximum atomic E-state index is 13.3. The second-order valence-corrected chi connectivity index (χ2v) is 8.92. The number of urea groups is 2. The van der Waals surface area contributed by atoms with Crippen LogP contribution in [0, 0.1) is 0 Å². The van der Waals surface area contributed by atoms with Crippen LogP contribution in [0.1, 0.15) is 5.56 Å². The van der Waals surface area contributed by atoms with Crippen LogP contribution in [0.2, 0.25) is 20.1 Å². The molecule has 36 heavy (non-hydrogen) atoms. The molecule has 0 aliphatic heterocycles. The number of nitrogens with one attached hydrogen (secondary N) is 3. The molecule has 3 N–H and O–H groups in total. The van der Waals surface area contributed by atoms with Gasteiger partial charge in [-0.25, -0.2) is 9.59 Å². The lowest BCUT2D eigenvalue weighted by Gasteiger charge is -2.24. The summed E-state index contributed by atoms with van der Waals surface area (Å²) < 4.78 is 39.8. The Morgan fingerprint density at radius 1 is 0.833 bits per heavy atom. The molecule has 0 aliphatic carbocycles. The molecule has 0 saturated carbocycles. The second kappa shape index (κ2) is 11.9. The third-order valence-electron chi connectivity index (χ3n) is 4.70. The summed E-state index contributed by atoms with van der Waals surface area (Å²) in [6.45, 7) is -0.279. The molecule has 0 aromatic heterocycles. The van der Waals surface area contributed by atoms with Gasteiger partial charge in [0.15, 0.2) is 0 Å². The molecule has 0 fully saturated rings. The van der Waals surface area contributed by atoms with Crippen LogP contribution in [0.25, 0.3) is 0 Å². The summed E-state index contributed by atoms with van der Waals surface area (Å²) >= 11 is 23.7. The van der Waals surface area contributed by atoms with Crippen molar-refractivity contribution in [2.24, 2.45) is 0 Å². The molecule has 0 atom stereocenters. The molecule has 0 bridgehead atoms. The maximum Gasteiger partial charge on any atom is 0.416 e. The Morgan fingerprint density at radius 2 is 1.58 bits per heavy atom. The number of carbonyl (C=O) groups is 2. The minimum Gasteiger partial charge on any atom is -0.336 e. The van der Waals surface area contributed by atoms with Gasteiger partial charge in [0.1, 0.15) is 0 Å². The Hall–Kier alpha value is -2.85. The summed E-state index contributed by atoms with van der Waals surface area (Å²) in [5, 5.41) is 8.66. The van der Waals surface area contributed by atoms with E-state index in [1.165, 1.54) is 48.5 Å². The van der Waals surface area contributed by atoms with Crippen molar-refractivity contribution in [1.82, 2.24) is 5.32 Å². The van der Waals surface area contributed by atoms with Gasteiger partial charge in [0.25, 0.3) is 0 Å². The number of hydrogen-bond donors (Lipinski definition) is 3. The molecular weight excluding hydrogens is 563 g/mol. The topological polar surface area (TPSA) is 73.5 Å². The average Bonchev–Trinajstić information content (AvgIpc) is 2.80. The highest BCUT2D eigenvalue weighted by molar-refractivity contribution is 6.42. The van der Waals surface area contributed by atoms with E-state index < -0.39 is 23.8 Å². The van der Waals surface area contributed by atoms with Crippen molar-refractivity contribution < 1.29 is 22.8 Å². The molecule has 0 saturated heterocycles. The first-order valence-corrected chi connectivity index (χ1v) is 11.7. The quantitative estimate of drug-likeness (QED) is 0.275. The highest BCUT2D eigenvalue weighted by Crippen LogP contribution is 2.32. The lowest BCUT2D eigenvalue weighted by atomic mass is 10.2. The zero-order valence-electron chi connectivity index (χ0n) is 18.1. The number of nitrogens with zero attached hydrogens (tertiary/aromatic N) is 1. The smallest absolute Gasteiger partial charge is 0.336 e. The summed E-state index contributed by atoms with van der Waals surface area (Å²) in [7, 11) is 0. The summed E-state index contributed by atoms with van der Waals surface area (Å²) in [6, 6.07) is 11.7. The molecule has 3 rings (SSSR count). The fourth-order valence-corrected chi connectivity index (χ4v) is 3.76. The number of rotatable bonds is 6. The van der Waals surface area contributed by atoms with Crippen molar-refractivity contribution in [3.8, 4) is 0 Å². The van der Waals surface area contributed by atoms with Crippen molar-refractivity contribution in [1.29, 1.82) is 0 Å². The van der Waals surface area contributed by atoms with Gasteiger partial charge in [-0.05, 0) is 54.6 Å². The molecule has 0 heterocycles. The fourth-order valence-electron chi connectivity index (χ4n) is 3.00. The molecule has 0 unspecified atom stereocenters. The van der Waals surface area contributed by atoms with E-state index in [2.05, 4.69) is 16.0 Å². The molecule has 190 valence electrons. The summed E-state index contributed by atoms with van der Waals surface area (Å²) in [4.78, 5) is 26.3. The molecule has 0 aliphatic rings. The molecule has 4 amide bonds. The van der Waals surface area contributed by atoms with E-state index in [1.807, 2.05) is 0 Å². The van der Waals surface area contributed by atoms with Crippen molar-refractivity contribution in [2.75, 3.05) is 28.6 Å². The van der Waals surface area contributed by atoms with Gasteiger partial charge in [-0.2, -0.15) is 13.2 Å². The zero-order chi connectivity index (χ0) is 26.5. The van der Waals surface area contributed by atoms with E-state index in [9.17, 15) is 22.8 Å². The lowest BCUT2D eigenvalue weighted by molar-refractivity contribution is -0.137. The van der Waals surface area contributed by atoms with Crippen LogP contribution in [0.3, 0.4) is 0 Å². The van der Waals surface area contributed by atoms with Gasteiger partial charge >= 0.3 is 18.2 Å². The van der Waals surface area contributed by atoms with Gasteiger partial charge in [-0.15, -0.1) is 0 Å². The average molecular weight is 580 g/mol. The number of carbonyl (C=O) groups excluding carboxylic acids is 2. The van der Waals surface area contributed by atoms with Crippen molar-refractivity contribution in [3.63, 3.8) is 0 Å². The number of alkyl halides is 3. The molecule has 0 spiro atoms. The number of anilines is 3. The standard InChI is InChI=1S/C23H17Cl4F3N4O2/c24-14-4-7-20(19(27)11-14)33-21(35)31-8-9-34(16-3-1-2-13(10-16)23(28,29)30)22(36)32-15-5-6-17(25)18(26)12-15/h1-7,10-12H,8-9H2,(H,32,36)(H2,31,33,35). The molecule has 6 nitrogen and oxygen atoms in total. The van der Waals surface area contributed by atoms with E-state index in [0.717, 1.165) is 17.0 Å². The monoisotopic (exact) mass is 578 g/mol. The number of benzene rings is 3. The SMILES string of the molecule is O=C(NCCN(C(=O)Nc1ccc(Cl)c(Cl)c1)c1cccc(C(F)(F)F)c1)Nc1ccc(Cl)cc1Cl. The normalized spacial score (nSPS) is 11.1. The van der Waals surface area contributed by atoms with E-state index in [4.69, 9.17) is 46.4 Å². The van der Waals surface area contributed by atoms with Gasteiger partial charge < -0.3 is 16.0 Å². The van der Waals surface area contributed by atoms with E-state index in [0.29, 0.717) is 10.7 Å². The van der Waals surface area contributed by atoms with Crippen LogP contribution in [0.5, 0.6) is 0 Å². The first-order valence-electron chi connectivity index (χ1n) is 10.1. The van der Waals surface area contributed by atoms with Gasteiger partial charge in [0.05, 0.1) is 26.3 Å². The van der Waals surface area contributed by atoms with Gasteiger partial charge in [0.2, 0.25) is 0 Å². The van der Waals surface area contributed by atoms with Gasteiger partial charge in [0, 0.05) is 29.5 Å². The van der Waals surface area contributed by atoms with Gasteiger partial charge in [-0.1, -0.05) is 52.5 Å². The van der Waals surface area contributed by atoms with Crippen LogP contribution in [-0.2, 0) is 6.18 Å². The molecule has 3 aromatic carbocycles. The van der Waals surface area contributed by atoms with Crippen LogP contribution < -0.4 is 20.9 Å². The maximum absolute atomic E-state index is 13.3. The van der Waals surface area contributed by atoms with Crippen molar-refractivity contribution in [3.05, 3.63) is 86.3 Å². The summed E-state index contributed by atoms with van der Waals surface area (Å²) in [6.07, 6.45) is -4.61. The predicted octanol–water partition coefficient (Wildman–Crippen LogP) is 8.18. The first-order chi connectivity index (χ1) is 16.9. The molecule has 13 heteroatoms. The molecule has 0 radical (unpaired) electrons. The van der Waals surface area contributed by atoms with Gasteiger partial charge in [-0.3, -0.25) is 4.90 Å². The minimum atomic E-state index is -4.61. The molecular formula is C23H17Cl4F3N4O2. The van der Waals surface area contributed by atoms with E-state index in [-0.39, 0.29) is 39.5 Å². The summed E-state index contributed by atoms with van der Waals surface area (Å²) in [5.41, 5.74) is -0.402. The minimum absolute atomic E-state index is 0.0367. The Labute approximate surface area is 224 Å². The predicted molar refractivity (Wildman–Crippen MR) is 138 cm³/mol. The zero-order valence-corrected chi connectivity index (χ0v) is 21.1. The van der Waals surface area contributed by atoms with E-state index in [1.54, 1.807) is 0 Å². The Bertz CT molecular complexity index is 1270. The van der Waals surface area contributed by atoms with Crippen molar-refractivity contribution >= 4 is 75.5 Å². The summed E-state index contributed by atoms with van der Waals surface area (Å²) in [5.74, 6) is 0. The second-order valence-electron chi connectivity index (χ2n) is 7.26. The Balaban J connectivity index is 1.75. The highest BCUT2D eigenvalue weighted by Gasteiger charge is 2.31. The highest BCUT2D eigenvalue weighted by atomic mass is 35.5. The first kappa shape index (κ1) is 27.7.